The van der Waals surface area contributed by atoms with Gasteiger partial charge in [-0.15, -0.1) is 10.2 Å². The van der Waals surface area contributed by atoms with Gasteiger partial charge >= 0.3 is 0 Å². The highest BCUT2D eigenvalue weighted by atomic mass is 35.5. The fourth-order valence-electron chi connectivity index (χ4n) is 3.04. The maximum Gasteiger partial charge on any atom is 0.250 e. The molecule has 3 rings (SSSR count). The summed E-state index contributed by atoms with van der Waals surface area (Å²) in [5, 5.41) is 12.5. The third-order valence-electron chi connectivity index (χ3n) is 4.45. The van der Waals surface area contributed by atoms with Gasteiger partial charge in [0.15, 0.2) is 0 Å². The molecule has 8 nitrogen and oxygen atoms in total. The van der Waals surface area contributed by atoms with Crippen molar-refractivity contribution in [2.75, 3.05) is 23.0 Å². The van der Waals surface area contributed by atoms with Gasteiger partial charge in [0.05, 0.1) is 19.1 Å². The predicted octanol–water partition coefficient (Wildman–Crippen LogP) is 4.70. The fraction of sp³-hybridized carbons (Fsp3) is 0.250. The zero-order chi connectivity index (χ0) is 23.5. The number of amides is 1. The molecule has 2 aromatic carbocycles. The molecule has 3 aromatic rings. The predicted molar refractivity (Wildman–Crippen MR) is 128 cm³/mol. The largest absolute Gasteiger partial charge is 0.495 e. The van der Waals surface area contributed by atoms with Crippen LogP contribution in [-0.4, -0.2) is 43.9 Å². The van der Waals surface area contributed by atoms with Crippen LogP contribution in [0.5, 0.6) is 5.75 Å². The summed E-state index contributed by atoms with van der Waals surface area (Å²) in [6.45, 7) is 1.71. The third-order valence-corrected chi connectivity index (χ3v) is 6.99. The van der Waals surface area contributed by atoms with E-state index in [0.29, 0.717) is 15.1 Å². The molecular formula is C20H20Cl2N4O4S2. The van der Waals surface area contributed by atoms with E-state index in [1.165, 1.54) is 13.2 Å². The SMILES string of the molecule is CC[C@@H](C(=O)Nc1nnc(-c2ccc(Cl)cc2)s1)N(c1cc(Cl)ccc1OC)S(C)(=O)=O. The Morgan fingerprint density at radius 3 is 2.41 bits per heavy atom. The molecular weight excluding hydrogens is 495 g/mol. The Bertz CT molecular complexity index is 1220. The van der Waals surface area contributed by atoms with Gasteiger partial charge in [-0.25, -0.2) is 8.42 Å². The van der Waals surface area contributed by atoms with Crippen LogP contribution in [0.2, 0.25) is 10.0 Å². The maximum absolute atomic E-state index is 13.1. The number of rotatable bonds is 8. The molecule has 1 atom stereocenters. The Hall–Kier alpha value is -2.40. The Morgan fingerprint density at radius 1 is 1.16 bits per heavy atom. The monoisotopic (exact) mass is 514 g/mol. The number of nitrogens with one attached hydrogen (secondary N) is 1. The van der Waals surface area contributed by atoms with Gasteiger partial charge in [-0.3, -0.25) is 14.4 Å². The first-order valence-electron chi connectivity index (χ1n) is 9.37. The molecule has 0 aliphatic rings. The van der Waals surface area contributed by atoms with E-state index in [9.17, 15) is 13.2 Å². The molecule has 0 bridgehead atoms. The lowest BCUT2D eigenvalue weighted by atomic mass is 10.2. The van der Waals surface area contributed by atoms with Gasteiger partial charge < -0.3 is 4.74 Å². The van der Waals surface area contributed by atoms with Gasteiger partial charge in [0.2, 0.25) is 21.1 Å². The fourth-order valence-corrected chi connectivity index (χ4v) is 5.29. The maximum atomic E-state index is 13.1. The molecule has 0 aliphatic heterocycles. The summed E-state index contributed by atoms with van der Waals surface area (Å²) in [4.78, 5) is 13.1. The molecule has 0 saturated carbocycles. The number of halogens is 2. The number of ether oxygens (including phenoxy) is 1. The lowest BCUT2D eigenvalue weighted by molar-refractivity contribution is -0.117. The summed E-state index contributed by atoms with van der Waals surface area (Å²) in [7, 11) is -2.46. The minimum Gasteiger partial charge on any atom is -0.495 e. The molecule has 0 saturated heterocycles. The molecule has 32 heavy (non-hydrogen) atoms. The number of hydrogen-bond acceptors (Lipinski definition) is 7. The van der Waals surface area contributed by atoms with Gasteiger partial charge in [-0.2, -0.15) is 0 Å². The molecule has 0 unspecified atom stereocenters. The normalized spacial score (nSPS) is 12.3. The Kier molecular flexibility index (Phi) is 7.60. The first-order chi connectivity index (χ1) is 15.1. The van der Waals surface area contributed by atoms with Crippen LogP contribution < -0.4 is 14.4 Å². The number of hydrogen-bond donors (Lipinski definition) is 1. The Balaban J connectivity index is 1.91. The van der Waals surface area contributed by atoms with E-state index in [4.69, 9.17) is 27.9 Å². The third kappa shape index (κ3) is 5.50. The van der Waals surface area contributed by atoms with Crippen LogP contribution in [0.25, 0.3) is 10.6 Å². The van der Waals surface area contributed by atoms with Crippen LogP contribution in [-0.2, 0) is 14.8 Å². The van der Waals surface area contributed by atoms with Crippen molar-refractivity contribution in [3.63, 3.8) is 0 Å². The average Bonchev–Trinajstić information content (AvgIpc) is 3.19. The Morgan fingerprint density at radius 2 is 1.81 bits per heavy atom. The van der Waals surface area contributed by atoms with E-state index in [1.807, 2.05) is 0 Å². The topological polar surface area (TPSA) is 101 Å². The van der Waals surface area contributed by atoms with Crippen LogP contribution >= 0.6 is 34.5 Å². The highest BCUT2D eigenvalue weighted by Crippen LogP contribution is 2.35. The summed E-state index contributed by atoms with van der Waals surface area (Å²) in [6, 6.07) is 10.5. The molecule has 1 aromatic heterocycles. The number of carbonyl (C=O) groups excluding carboxylic acids is 1. The van der Waals surface area contributed by atoms with Gasteiger partial charge in [0.1, 0.15) is 16.8 Å². The van der Waals surface area contributed by atoms with Gasteiger partial charge in [0, 0.05) is 15.6 Å². The van der Waals surface area contributed by atoms with Crippen molar-refractivity contribution in [2.24, 2.45) is 0 Å². The van der Waals surface area contributed by atoms with Crippen molar-refractivity contribution < 1.29 is 17.9 Å². The van der Waals surface area contributed by atoms with E-state index in [1.54, 1.807) is 43.3 Å². The molecule has 0 radical (unpaired) electrons. The van der Waals surface area contributed by atoms with Crippen LogP contribution in [0, 0.1) is 0 Å². The van der Waals surface area contributed by atoms with Crippen molar-refractivity contribution in [2.45, 2.75) is 19.4 Å². The zero-order valence-corrected chi connectivity index (χ0v) is 20.5. The highest BCUT2D eigenvalue weighted by molar-refractivity contribution is 7.92. The first-order valence-corrected chi connectivity index (χ1v) is 12.8. The van der Waals surface area contributed by atoms with Crippen LogP contribution in [0.1, 0.15) is 13.3 Å². The molecule has 1 amide bonds. The molecule has 1 N–H and O–H groups in total. The van der Waals surface area contributed by atoms with Crippen LogP contribution in [0.4, 0.5) is 10.8 Å². The molecule has 0 aliphatic carbocycles. The number of anilines is 2. The van der Waals surface area contributed by atoms with E-state index >= 15 is 0 Å². The number of sulfonamides is 1. The Labute approximate surface area is 200 Å². The van der Waals surface area contributed by atoms with Gasteiger partial charge in [-0.05, 0) is 36.8 Å². The average molecular weight is 515 g/mol. The lowest BCUT2D eigenvalue weighted by Gasteiger charge is -2.30. The van der Waals surface area contributed by atoms with Gasteiger partial charge in [0.25, 0.3) is 0 Å². The summed E-state index contributed by atoms with van der Waals surface area (Å²) >= 11 is 13.2. The second-order valence-electron chi connectivity index (χ2n) is 6.71. The van der Waals surface area contributed by atoms with Crippen molar-refractivity contribution in [1.82, 2.24) is 10.2 Å². The van der Waals surface area contributed by atoms with E-state index in [0.717, 1.165) is 27.5 Å². The smallest absolute Gasteiger partial charge is 0.250 e. The molecule has 1 heterocycles. The number of benzene rings is 2. The second-order valence-corrected chi connectivity index (χ2v) is 10.4. The minimum absolute atomic E-state index is 0.170. The molecule has 170 valence electrons. The number of aromatic nitrogens is 2. The summed E-state index contributed by atoms with van der Waals surface area (Å²) in [6.07, 6.45) is 1.21. The minimum atomic E-state index is -3.87. The van der Waals surface area contributed by atoms with Crippen molar-refractivity contribution in [3.8, 4) is 16.3 Å². The van der Waals surface area contributed by atoms with Crippen LogP contribution in [0.15, 0.2) is 42.5 Å². The summed E-state index contributed by atoms with van der Waals surface area (Å²) in [5.41, 5.74) is 0.962. The highest BCUT2D eigenvalue weighted by Gasteiger charge is 2.34. The van der Waals surface area contributed by atoms with E-state index in [2.05, 4.69) is 15.5 Å². The zero-order valence-electron chi connectivity index (χ0n) is 17.4. The number of nitrogens with zero attached hydrogens (tertiary/aromatic N) is 3. The van der Waals surface area contributed by atoms with Crippen molar-refractivity contribution in [3.05, 3.63) is 52.5 Å². The second kappa shape index (κ2) is 10.0. The molecule has 0 fully saturated rings. The number of methoxy groups -OCH3 is 1. The van der Waals surface area contributed by atoms with E-state index in [-0.39, 0.29) is 23.0 Å². The van der Waals surface area contributed by atoms with Gasteiger partial charge in [-0.1, -0.05) is 53.6 Å². The van der Waals surface area contributed by atoms with E-state index < -0.39 is 22.0 Å². The summed E-state index contributed by atoms with van der Waals surface area (Å²) < 4.78 is 31.7. The number of carbonyl (C=O) groups is 1. The molecule has 12 heteroatoms. The van der Waals surface area contributed by atoms with Crippen molar-refractivity contribution >= 4 is 61.3 Å². The van der Waals surface area contributed by atoms with Crippen molar-refractivity contribution in [1.29, 1.82) is 0 Å². The summed E-state index contributed by atoms with van der Waals surface area (Å²) in [5.74, 6) is -0.286. The quantitative estimate of drug-likeness (QED) is 0.467. The lowest BCUT2D eigenvalue weighted by Crippen LogP contribution is -2.47. The standard InChI is InChI=1S/C20H20Cl2N4O4S2/c1-4-15(26(32(3,28)29)16-11-14(22)9-10-17(16)30-2)18(27)23-20-25-24-19(31-20)12-5-7-13(21)8-6-12/h5-11,15H,4H2,1-3H3,(H,23,25,27)/t15-/m0/s1. The molecule has 0 spiro atoms. The van der Waals surface area contributed by atoms with Crippen LogP contribution in [0.3, 0.4) is 0 Å². The first kappa shape index (κ1) is 24.2.